The number of carbonyl (C=O) groups is 2. The molecule has 0 bridgehead atoms. The zero-order valence-corrected chi connectivity index (χ0v) is 15.2. The second kappa shape index (κ2) is 6.47. The minimum absolute atomic E-state index is 0.00402. The number of benzene rings is 1. The van der Waals surface area contributed by atoms with Gasteiger partial charge < -0.3 is 14.6 Å². The van der Waals surface area contributed by atoms with E-state index in [4.69, 9.17) is 21.1 Å². The fraction of sp³-hybridized carbons (Fsp3) is 0.400. The summed E-state index contributed by atoms with van der Waals surface area (Å²) >= 11 is 6.18. The van der Waals surface area contributed by atoms with Crippen LogP contribution in [0.5, 0.6) is 11.5 Å². The van der Waals surface area contributed by atoms with Crippen molar-refractivity contribution in [3.05, 3.63) is 45.4 Å². The molecule has 1 N–H and O–H groups in total. The summed E-state index contributed by atoms with van der Waals surface area (Å²) < 4.78 is 11.2. The monoisotopic (exact) mass is 374 g/mol. The Morgan fingerprint density at radius 3 is 2.15 bits per heavy atom. The second-order valence-electron chi connectivity index (χ2n) is 6.82. The summed E-state index contributed by atoms with van der Waals surface area (Å²) in [6.07, 6.45) is 3.76. The molecule has 3 aliphatic rings. The summed E-state index contributed by atoms with van der Waals surface area (Å²) in [6.45, 7) is 0. The normalized spacial score (nSPS) is 20.7. The summed E-state index contributed by atoms with van der Waals surface area (Å²) in [5.74, 6) is 0.897. The molecule has 5 nitrogen and oxygen atoms in total. The van der Waals surface area contributed by atoms with Gasteiger partial charge in [-0.05, 0) is 30.5 Å². The van der Waals surface area contributed by atoms with E-state index in [0.717, 1.165) is 12.8 Å². The van der Waals surface area contributed by atoms with Crippen molar-refractivity contribution in [2.75, 3.05) is 7.11 Å². The molecule has 4 rings (SSSR count). The van der Waals surface area contributed by atoms with Gasteiger partial charge in [0.2, 0.25) is 0 Å². The highest BCUT2D eigenvalue weighted by Gasteiger charge is 2.42. The molecule has 0 amide bonds. The van der Waals surface area contributed by atoms with Crippen molar-refractivity contribution < 1.29 is 24.2 Å². The first-order chi connectivity index (χ1) is 12.5. The number of ketones is 2. The Kier molecular flexibility index (Phi) is 4.27. The smallest absolute Gasteiger partial charge is 0.176 e. The van der Waals surface area contributed by atoms with Gasteiger partial charge in [-0.2, -0.15) is 0 Å². The van der Waals surface area contributed by atoms with Crippen molar-refractivity contribution in [2.45, 2.75) is 44.4 Å². The molecule has 1 aromatic rings. The van der Waals surface area contributed by atoms with Crippen molar-refractivity contribution in [1.82, 2.24) is 0 Å². The van der Waals surface area contributed by atoms with Crippen LogP contribution in [0.3, 0.4) is 0 Å². The van der Waals surface area contributed by atoms with Crippen LogP contribution in [-0.4, -0.2) is 23.8 Å². The lowest BCUT2D eigenvalue weighted by Crippen LogP contribution is -2.30. The summed E-state index contributed by atoms with van der Waals surface area (Å²) in [5.41, 5.74) is 1.77. The van der Waals surface area contributed by atoms with Crippen molar-refractivity contribution in [2.24, 2.45) is 0 Å². The predicted octanol–water partition coefficient (Wildman–Crippen LogP) is 4.18. The summed E-state index contributed by atoms with van der Waals surface area (Å²) in [6, 6.07) is 3.25. The van der Waals surface area contributed by atoms with Crippen LogP contribution >= 0.6 is 11.6 Å². The Hall–Kier alpha value is -2.27. The topological polar surface area (TPSA) is 72.8 Å². The molecule has 0 saturated carbocycles. The number of methoxy groups -OCH3 is 1. The average Bonchev–Trinajstić information content (AvgIpc) is 2.63. The number of hydrogen-bond donors (Lipinski definition) is 1. The molecular weight excluding hydrogens is 356 g/mol. The highest BCUT2D eigenvalue weighted by atomic mass is 35.5. The molecule has 26 heavy (non-hydrogen) atoms. The van der Waals surface area contributed by atoms with Crippen LogP contribution in [0.15, 0.2) is 34.8 Å². The van der Waals surface area contributed by atoms with Gasteiger partial charge in [-0.15, -0.1) is 0 Å². The Morgan fingerprint density at radius 1 is 1.04 bits per heavy atom. The number of ether oxygens (including phenoxy) is 2. The molecule has 136 valence electrons. The fourth-order valence-corrected chi connectivity index (χ4v) is 4.29. The van der Waals surface area contributed by atoms with E-state index >= 15 is 0 Å². The van der Waals surface area contributed by atoms with Gasteiger partial charge in [0.15, 0.2) is 23.1 Å². The van der Waals surface area contributed by atoms with Gasteiger partial charge >= 0.3 is 0 Å². The van der Waals surface area contributed by atoms with Crippen molar-refractivity contribution in [3.8, 4) is 11.5 Å². The van der Waals surface area contributed by atoms with E-state index in [2.05, 4.69) is 0 Å². The molecule has 1 aromatic carbocycles. The van der Waals surface area contributed by atoms with Crippen LogP contribution in [0, 0.1) is 0 Å². The third-order valence-corrected chi connectivity index (χ3v) is 5.53. The van der Waals surface area contributed by atoms with Gasteiger partial charge in [-0.1, -0.05) is 11.6 Å². The zero-order valence-electron chi connectivity index (χ0n) is 14.4. The zero-order chi connectivity index (χ0) is 18.4. The number of carbonyl (C=O) groups excluding carboxylic acids is 2. The molecule has 0 atom stereocenters. The first-order valence-electron chi connectivity index (χ1n) is 8.78. The number of rotatable bonds is 2. The molecule has 0 radical (unpaired) electrons. The summed E-state index contributed by atoms with van der Waals surface area (Å²) in [4.78, 5) is 25.4. The predicted molar refractivity (Wildman–Crippen MR) is 95.3 cm³/mol. The van der Waals surface area contributed by atoms with Crippen molar-refractivity contribution in [3.63, 3.8) is 0 Å². The molecule has 6 heteroatoms. The number of allylic oxidation sites excluding steroid dienone is 4. The van der Waals surface area contributed by atoms with Gasteiger partial charge in [-0.3, -0.25) is 9.59 Å². The summed E-state index contributed by atoms with van der Waals surface area (Å²) in [5, 5.41) is 10.2. The Morgan fingerprint density at radius 2 is 1.62 bits per heavy atom. The van der Waals surface area contributed by atoms with Crippen molar-refractivity contribution in [1.29, 1.82) is 0 Å². The maximum atomic E-state index is 12.7. The number of hydrogen-bond acceptors (Lipinski definition) is 5. The van der Waals surface area contributed by atoms with Gasteiger partial charge in [0.05, 0.1) is 12.1 Å². The van der Waals surface area contributed by atoms with E-state index in [0.29, 0.717) is 53.9 Å². The Labute approximate surface area is 156 Å². The highest BCUT2D eigenvalue weighted by molar-refractivity contribution is 6.32. The van der Waals surface area contributed by atoms with E-state index < -0.39 is 5.92 Å². The lowest BCUT2D eigenvalue weighted by atomic mass is 9.73. The first kappa shape index (κ1) is 17.2. The number of Topliss-reactive ketones (excluding diaryl/α,β-unsaturated/α-hetero) is 2. The maximum Gasteiger partial charge on any atom is 0.176 e. The number of phenols is 1. The fourth-order valence-electron chi connectivity index (χ4n) is 4.07. The van der Waals surface area contributed by atoms with Crippen LogP contribution in [0.25, 0.3) is 0 Å². The average molecular weight is 375 g/mol. The quantitative estimate of drug-likeness (QED) is 0.840. The SMILES string of the molecule is COc1cc(C2C3=C(CCCC3=O)OC3=C2C(=O)CCC3)cc(Cl)c1O. The van der Waals surface area contributed by atoms with Gasteiger partial charge in [0, 0.05) is 42.7 Å². The van der Waals surface area contributed by atoms with Crippen LogP contribution in [0.4, 0.5) is 0 Å². The van der Waals surface area contributed by atoms with Gasteiger partial charge in [-0.25, -0.2) is 0 Å². The second-order valence-corrected chi connectivity index (χ2v) is 7.22. The molecule has 1 aliphatic heterocycles. The third-order valence-electron chi connectivity index (χ3n) is 5.24. The molecule has 2 aliphatic carbocycles. The standard InChI is InChI=1S/C20H19ClO5/c1-25-16-9-10(8-11(21)20(16)24)17-18-12(22)4-2-6-14(18)26-15-7-3-5-13(23)19(15)17/h8-9,17,24H,2-7H2,1H3. The van der Waals surface area contributed by atoms with E-state index in [9.17, 15) is 14.7 Å². The number of aromatic hydroxyl groups is 1. The third kappa shape index (κ3) is 2.62. The van der Waals surface area contributed by atoms with E-state index in [1.165, 1.54) is 7.11 Å². The van der Waals surface area contributed by atoms with Crippen molar-refractivity contribution >= 4 is 23.2 Å². The van der Waals surface area contributed by atoms with E-state index in [1.807, 2.05) is 0 Å². The van der Waals surface area contributed by atoms with Gasteiger partial charge in [0.1, 0.15) is 11.5 Å². The molecule has 0 saturated heterocycles. The minimum atomic E-state index is -0.513. The molecule has 1 heterocycles. The highest BCUT2D eigenvalue weighted by Crippen LogP contribution is 2.49. The number of phenolic OH excluding ortho intramolecular Hbond substituents is 1. The van der Waals surface area contributed by atoms with Gasteiger partial charge in [0.25, 0.3) is 0 Å². The lowest BCUT2D eigenvalue weighted by Gasteiger charge is -2.36. The Balaban J connectivity index is 1.94. The summed E-state index contributed by atoms with van der Waals surface area (Å²) in [7, 11) is 1.44. The lowest BCUT2D eigenvalue weighted by molar-refractivity contribution is -0.117. The minimum Gasteiger partial charge on any atom is -0.503 e. The van der Waals surface area contributed by atoms with E-state index in [1.54, 1.807) is 12.1 Å². The largest absolute Gasteiger partial charge is 0.503 e. The van der Waals surface area contributed by atoms with Crippen LogP contribution < -0.4 is 4.74 Å². The number of halogens is 1. The van der Waals surface area contributed by atoms with Crippen LogP contribution in [-0.2, 0) is 14.3 Å². The first-order valence-corrected chi connectivity index (χ1v) is 9.15. The van der Waals surface area contributed by atoms with Crippen LogP contribution in [0.1, 0.15) is 50.0 Å². The molecular formula is C20H19ClO5. The molecule has 0 unspecified atom stereocenters. The maximum absolute atomic E-state index is 12.7. The van der Waals surface area contributed by atoms with Crippen LogP contribution in [0.2, 0.25) is 5.02 Å². The molecule has 0 aromatic heterocycles. The Bertz CT molecular complexity index is 838. The molecule has 0 fully saturated rings. The van der Waals surface area contributed by atoms with E-state index in [-0.39, 0.29) is 28.1 Å². The molecule has 0 spiro atoms.